The second-order valence-electron chi connectivity index (χ2n) is 6.71. The summed E-state index contributed by atoms with van der Waals surface area (Å²) in [6, 6.07) is 10.5. The van der Waals surface area contributed by atoms with E-state index in [0.717, 1.165) is 49.6 Å². The van der Waals surface area contributed by atoms with E-state index in [1.165, 1.54) is 5.56 Å². The monoisotopic (exact) mass is 326 g/mol. The molecule has 128 valence electrons. The Morgan fingerprint density at radius 3 is 2.46 bits per heavy atom. The molecular weight excluding hydrogens is 300 g/mol. The number of nitrogens with one attached hydrogen (secondary N) is 1. The number of anilines is 1. The van der Waals surface area contributed by atoms with Crippen LogP contribution in [-0.4, -0.2) is 33.7 Å². The van der Waals surface area contributed by atoms with Crippen molar-refractivity contribution < 1.29 is 4.79 Å². The smallest absolute Gasteiger partial charge is 0.228 e. The van der Waals surface area contributed by atoms with Crippen LogP contribution < -0.4 is 5.32 Å². The Kier molecular flexibility index (Phi) is 5.00. The van der Waals surface area contributed by atoms with Crippen molar-refractivity contribution in [3.05, 3.63) is 47.2 Å². The van der Waals surface area contributed by atoms with E-state index in [1.807, 2.05) is 27.0 Å². The third kappa shape index (κ3) is 3.67. The summed E-state index contributed by atoms with van der Waals surface area (Å²) in [7, 11) is 1.87. The van der Waals surface area contributed by atoms with Gasteiger partial charge in [0, 0.05) is 25.1 Å². The first-order valence-corrected chi connectivity index (χ1v) is 8.62. The zero-order valence-electron chi connectivity index (χ0n) is 14.7. The number of likely N-dealkylation sites (tertiary alicyclic amines) is 1. The fourth-order valence-electron chi connectivity index (χ4n) is 3.35. The number of rotatable bonds is 4. The minimum absolute atomic E-state index is 0.0895. The van der Waals surface area contributed by atoms with E-state index >= 15 is 0 Å². The van der Waals surface area contributed by atoms with Gasteiger partial charge < -0.3 is 5.32 Å². The molecule has 0 radical (unpaired) electrons. The molecule has 5 heteroatoms. The van der Waals surface area contributed by atoms with Crippen molar-refractivity contribution in [3.63, 3.8) is 0 Å². The van der Waals surface area contributed by atoms with Crippen LogP contribution in [0.1, 0.15) is 29.7 Å². The van der Waals surface area contributed by atoms with Gasteiger partial charge in [0.05, 0.1) is 5.69 Å². The molecule has 2 aromatic rings. The van der Waals surface area contributed by atoms with Crippen LogP contribution in [0, 0.1) is 19.8 Å². The molecule has 24 heavy (non-hydrogen) atoms. The lowest BCUT2D eigenvalue weighted by Crippen LogP contribution is -2.38. The lowest BCUT2D eigenvalue weighted by molar-refractivity contribution is -0.121. The Labute approximate surface area is 143 Å². The summed E-state index contributed by atoms with van der Waals surface area (Å²) in [5.41, 5.74) is 3.35. The summed E-state index contributed by atoms with van der Waals surface area (Å²) >= 11 is 0. The second kappa shape index (κ2) is 7.18. The lowest BCUT2D eigenvalue weighted by Gasteiger charge is -2.31. The minimum Gasteiger partial charge on any atom is -0.310 e. The zero-order chi connectivity index (χ0) is 17.1. The van der Waals surface area contributed by atoms with Gasteiger partial charge in [-0.1, -0.05) is 30.3 Å². The summed E-state index contributed by atoms with van der Waals surface area (Å²) in [4.78, 5) is 15.0. The Morgan fingerprint density at radius 1 is 1.21 bits per heavy atom. The van der Waals surface area contributed by atoms with Crippen LogP contribution in [0.15, 0.2) is 30.3 Å². The van der Waals surface area contributed by atoms with Crippen molar-refractivity contribution in [2.24, 2.45) is 13.0 Å². The summed E-state index contributed by atoms with van der Waals surface area (Å²) in [6.07, 6.45) is 1.82. The number of amides is 1. The number of carbonyl (C=O) groups is 1. The molecule has 0 saturated carbocycles. The summed E-state index contributed by atoms with van der Waals surface area (Å²) in [6.45, 7) is 6.87. The Bertz CT molecular complexity index is 700. The van der Waals surface area contributed by atoms with Crippen molar-refractivity contribution in [1.29, 1.82) is 0 Å². The Balaban J connectivity index is 1.53. The molecule has 2 heterocycles. The number of hydrogen-bond acceptors (Lipinski definition) is 3. The van der Waals surface area contributed by atoms with Gasteiger partial charge >= 0.3 is 0 Å². The molecule has 1 saturated heterocycles. The maximum Gasteiger partial charge on any atom is 0.228 e. The highest BCUT2D eigenvalue weighted by Gasteiger charge is 2.26. The van der Waals surface area contributed by atoms with Crippen LogP contribution in [0.3, 0.4) is 0 Å². The summed E-state index contributed by atoms with van der Waals surface area (Å²) in [5.74, 6) is 1.04. The molecule has 1 amide bonds. The molecule has 0 atom stereocenters. The quantitative estimate of drug-likeness (QED) is 0.940. The summed E-state index contributed by atoms with van der Waals surface area (Å²) in [5, 5.41) is 7.44. The first-order valence-electron chi connectivity index (χ1n) is 8.62. The van der Waals surface area contributed by atoms with Gasteiger partial charge in [-0.3, -0.25) is 14.4 Å². The molecule has 1 aliphatic heterocycles. The minimum atomic E-state index is 0.0895. The van der Waals surface area contributed by atoms with Gasteiger partial charge in [0.25, 0.3) is 0 Å². The van der Waals surface area contributed by atoms with E-state index in [0.29, 0.717) is 0 Å². The molecule has 0 unspecified atom stereocenters. The predicted molar refractivity (Wildman–Crippen MR) is 95.8 cm³/mol. The van der Waals surface area contributed by atoms with E-state index in [9.17, 15) is 4.79 Å². The molecule has 1 aromatic heterocycles. The van der Waals surface area contributed by atoms with Crippen LogP contribution in [-0.2, 0) is 18.4 Å². The summed E-state index contributed by atoms with van der Waals surface area (Å²) < 4.78 is 1.76. The van der Waals surface area contributed by atoms with Crippen molar-refractivity contribution in [3.8, 4) is 0 Å². The average molecular weight is 326 g/mol. The Hall–Kier alpha value is -2.14. The third-order valence-corrected chi connectivity index (χ3v) is 4.97. The largest absolute Gasteiger partial charge is 0.310 e. The molecule has 3 rings (SSSR count). The highest BCUT2D eigenvalue weighted by atomic mass is 16.2. The maximum absolute atomic E-state index is 12.6. The molecular formula is C19H26N4O. The van der Waals surface area contributed by atoms with E-state index < -0.39 is 0 Å². The van der Waals surface area contributed by atoms with Crippen LogP contribution >= 0.6 is 0 Å². The van der Waals surface area contributed by atoms with Crippen molar-refractivity contribution in [1.82, 2.24) is 14.7 Å². The van der Waals surface area contributed by atoms with Gasteiger partial charge in [0.15, 0.2) is 0 Å². The second-order valence-corrected chi connectivity index (χ2v) is 6.71. The zero-order valence-corrected chi connectivity index (χ0v) is 14.7. The van der Waals surface area contributed by atoms with E-state index in [1.54, 1.807) is 4.68 Å². The highest BCUT2D eigenvalue weighted by molar-refractivity contribution is 5.92. The number of carbonyl (C=O) groups excluding carboxylic acids is 1. The van der Waals surface area contributed by atoms with Gasteiger partial charge in [-0.2, -0.15) is 5.10 Å². The van der Waals surface area contributed by atoms with Gasteiger partial charge in [0.2, 0.25) is 5.91 Å². The number of benzene rings is 1. The number of piperidine rings is 1. The molecule has 5 nitrogen and oxygen atoms in total. The van der Waals surface area contributed by atoms with Gasteiger partial charge in [-0.15, -0.1) is 0 Å². The fourth-order valence-corrected chi connectivity index (χ4v) is 3.35. The average Bonchev–Trinajstić information content (AvgIpc) is 2.83. The molecule has 0 bridgehead atoms. The molecule has 0 spiro atoms. The van der Waals surface area contributed by atoms with Crippen LogP contribution in [0.25, 0.3) is 0 Å². The number of aryl methyl sites for hydroxylation is 2. The van der Waals surface area contributed by atoms with Crippen LogP contribution in [0.2, 0.25) is 0 Å². The number of aromatic nitrogens is 2. The normalized spacial score (nSPS) is 16.3. The number of nitrogens with zero attached hydrogens (tertiary/aromatic N) is 3. The van der Waals surface area contributed by atoms with Crippen molar-refractivity contribution in [2.75, 3.05) is 18.4 Å². The van der Waals surface area contributed by atoms with Crippen LogP contribution in [0.4, 0.5) is 5.82 Å². The van der Waals surface area contributed by atoms with E-state index in [4.69, 9.17) is 0 Å². The van der Waals surface area contributed by atoms with Gasteiger partial charge in [-0.25, -0.2) is 0 Å². The van der Waals surface area contributed by atoms with Crippen molar-refractivity contribution in [2.45, 2.75) is 33.2 Å². The van der Waals surface area contributed by atoms with Crippen LogP contribution in [0.5, 0.6) is 0 Å². The molecule has 1 aliphatic rings. The van der Waals surface area contributed by atoms with Gasteiger partial charge in [0.1, 0.15) is 5.82 Å². The third-order valence-electron chi connectivity index (χ3n) is 4.97. The Morgan fingerprint density at radius 2 is 1.88 bits per heavy atom. The molecule has 0 aliphatic carbocycles. The van der Waals surface area contributed by atoms with Crippen molar-refractivity contribution >= 4 is 11.7 Å². The fraction of sp³-hybridized carbons (Fsp3) is 0.474. The van der Waals surface area contributed by atoms with Gasteiger partial charge in [-0.05, 0) is 45.3 Å². The molecule has 1 N–H and O–H groups in total. The molecule has 1 aromatic carbocycles. The first-order chi connectivity index (χ1) is 11.5. The maximum atomic E-state index is 12.6. The SMILES string of the molecule is Cc1nn(C)c(NC(=O)C2CCN(Cc3ccccc3)CC2)c1C. The lowest BCUT2D eigenvalue weighted by atomic mass is 9.95. The highest BCUT2D eigenvalue weighted by Crippen LogP contribution is 2.23. The molecule has 1 fully saturated rings. The van der Waals surface area contributed by atoms with E-state index in [2.05, 4.69) is 39.6 Å². The topological polar surface area (TPSA) is 50.2 Å². The predicted octanol–water partition coefficient (Wildman–Crippen LogP) is 2.89. The standard InChI is InChI=1S/C19H26N4O/c1-14-15(2)21-22(3)18(14)20-19(24)17-9-11-23(12-10-17)13-16-7-5-4-6-8-16/h4-8,17H,9-13H2,1-3H3,(H,20,24). The first kappa shape index (κ1) is 16.7. The van der Waals surface area contributed by atoms with E-state index in [-0.39, 0.29) is 11.8 Å². The number of hydrogen-bond donors (Lipinski definition) is 1.